The Morgan fingerprint density at radius 1 is 1.06 bits per heavy atom. The predicted molar refractivity (Wildman–Crippen MR) is 144 cm³/mol. The van der Waals surface area contributed by atoms with Crippen LogP contribution in [0.5, 0.6) is 5.75 Å². The van der Waals surface area contributed by atoms with Gasteiger partial charge < -0.3 is 15.0 Å². The minimum atomic E-state index is -3.93. The van der Waals surface area contributed by atoms with Crippen molar-refractivity contribution < 1.29 is 22.7 Å². The molecule has 11 heteroatoms. The third-order valence-electron chi connectivity index (χ3n) is 5.24. The van der Waals surface area contributed by atoms with Crippen LogP contribution in [0.3, 0.4) is 0 Å². The summed E-state index contributed by atoms with van der Waals surface area (Å²) in [4.78, 5) is 28.3. The molecule has 0 bridgehead atoms. The molecule has 2 amide bonds. The fraction of sp³-hybridized carbons (Fsp3) is 0.440. The molecule has 0 aliphatic rings. The van der Waals surface area contributed by atoms with E-state index in [2.05, 4.69) is 5.32 Å². The molecule has 0 aromatic heterocycles. The monoisotopic (exact) mass is 557 g/mol. The lowest BCUT2D eigenvalue weighted by Gasteiger charge is -2.34. The van der Waals surface area contributed by atoms with Crippen LogP contribution in [0.25, 0.3) is 0 Å². The van der Waals surface area contributed by atoms with Crippen LogP contribution in [0.1, 0.15) is 39.7 Å². The molecule has 0 fully saturated rings. The number of nitrogens with one attached hydrogen (secondary N) is 1. The number of sulfonamides is 1. The van der Waals surface area contributed by atoms with Gasteiger partial charge in [0.15, 0.2) is 0 Å². The SMILES string of the molecule is CC[C@@H](C(=O)NC(C)(C)C)N(Cc1ccc(Cl)cc1)C(=O)CN(c1cc(Cl)ccc1OC)S(C)(=O)=O. The number of anilines is 1. The van der Waals surface area contributed by atoms with Gasteiger partial charge in [-0.2, -0.15) is 0 Å². The summed E-state index contributed by atoms with van der Waals surface area (Å²) in [6, 6.07) is 10.6. The zero-order chi connectivity index (χ0) is 27.3. The number of hydrogen-bond acceptors (Lipinski definition) is 5. The zero-order valence-corrected chi connectivity index (χ0v) is 23.7. The van der Waals surface area contributed by atoms with Gasteiger partial charge in [0.05, 0.1) is 19.1 Å². The summed E-state index contributed by atoms with van der Waals surface area (Å²) in [6.07, 6.45) is 1.31. The van der Waals surface area contributed by atoms with Crippen LogP contribution in [0.15, 0.2) is 42.5 Å². The molecule has 8 nitrogen and oxygen atoms in total. The topological polar surface area (TPSA) is 96.0 Å². The van der Waals surface area contributed by atoms with E-state index >= 15 is 0 Å². The third-order valence-corrected chi connectivity index (χ3v) is 6.85. The summed E-state index contributed by atoms with van der Waals surface area (Å²) in [6.45, 7) is 6.86. The number of ether oxygens (including phenoxy) is 1. The van der Waals surface area contributed by atoms with Crippen molar-refractivity contribution in [2.24, 2.45) is 0 Å². The highest BCUT2D eigenvalue weighted by Crippen LogP contribution is 2.33. The first-order valence-corrected chi connectivity index (χ1v) is 13.9. The normalized spacial score (nSPS) is 12.6. The maximum absolute atomic E-state index is 13.7. The molecule has 1 atom stereocenters. The summed E-state index contributed by atoms with van der Waals surface area (Å²) in [5.74, 6) is -0.661. The fourth-order valence-electron chi connectivity index (χ4n) is 3.61. The molecule has 0 heterocycles. The lowest BCUT2D eigenvalue weighted by Crippen LogP contribution is -2.55. The van der Waals surface area contributed by atoms with Crippen molar-refractivity contribution in [2.45, 2.75) is 52.2 Å². The molecule has 2 aromatic rings. The average Bonchev–Trinajstić information content (AvgIpc) is 2.76. The van der Waals surface area contributed by atoms with Crippen LogP contribution in [-0.2, 0) is 26.2 Å². The molecule has 1 N–H and O–H groups in total. The fourth-order valence-corrected chi connectivity index (χ4v) is 4.75. The summed E-state index contributed by atoms with van der Waals surface area (Å²) >= 11 is 12.1. The van der Waals surface area contributed by atoms with Gasteiger partial charge in [-0.25, -0.2) is 8.42 Å². The number of amides is 2. The Labute approximate surface area is 223 Å². The van der Waals surface area contributed by atoms with Gasteiger partial charge in [0.2, 0.25) is 21.8 Å². The van der Waals surface area contributed by atoms with E-state index in [9.17, 15) is 18.0 Å². The van der Waals surface area contributed by atoms with Crippen molar-refractivity contribution >= 4 is 50.7 Å². The highest BCUT2D eigenvalue weighted by molar-refractivity contribution is 7.92. The lowest BCUT2D eigenvalue weighted by molar-refractivity contribution is -0.141. The number of benzene rings is 2. The minimum Gasteiger partial charge on any atom is -0.495 e. The van der Waals surface area contributed by atoms with Crippen LogP contribution in [-0.4, -0.2) is 56.6 Å². The van der Waals surface area contributed by atoms with Gasteiger partial charge in [-0.3, -0.25) is 13.9 Å². The van der Waals surface area contributed by atoms with Crippen molar-refractivity contribution in [1.29, 1.82) is 0 Å². The first-order valence-electron chi connectivity index (χ1n) is 11.3. The van der Waals surface area contributed by atoms with Crippen molar-refractivity contribution in [3.05, 3.63) is 58.1 Å². The van der Waals surface area contributed by atoms with E-state index in [1.54, 1.807) is 37.3 Å². The van der Waals surface area contributed by atoms with E-state index in [-0.39, 0.29) is 28.9 Å². The van der Waals surface area contributed by atoms with E-state index in [0.29, 0.717) is 11.4 Å². The first kappa shape index (κ1) is 29.7. The van der Waals surface area contributed by atoms with Crippen LogP contribution >= 0.6 is 23.2 Å². The molecule has 0 spiro atoms. The number of rotatable bonds is 10. The van der Waals surface area contributed by atoms with E-state index in [1.165, 1.54) is 24.1 Å². The molecule has 0 aliphatic heterocycles. The van der Waals surface area contributed by atoms with E-state index in [4.69, 9.17) is 27.9 Å². The van der Waals surface area contributed by atoms with Crippen molar-refractivity contribution in [3.8, 4) is 5.75 Å². The molecule has 36 heavy (non-hydrogen) atoms. The summed E-state index contributed by atoms with van der Waals surface area (Å²) in [7, 11) is -2.53. The smallest absolute Gasteiger partial charge is 0.244 e. The first-order chi connectivity index (χ1) is 16.7. The molecule has 2 rings (SSSR count). The Morgan fingerprint density at radius 2 is 1.64 bits per heavy atom. The molecule has 0 saturated carbocycles. The Kier molecular flexibility index (Phi) is 10.0. The second-order valence-electron chi connectivity index (χ2n) is 9.40. The second-order valence-corrected chi connectivity index (χ2v) is 12.2. The number of nitrogens with zero attached hydrogens (tertiary/aromatic N) is 2. The van der Waals surface area contributed by atoms with Crippen LogP contribution in [0.4, 0.5) is 5.69 Å². The number of halogens is 2. The summed E-state index contributed by atoms with van der Waals surface area (Å²) in [5.41, 5.74) is 0.340. The van der Waals surface area contributed by atoms with Crippen LogP contribution < -0.4 is 14.4 Å². The van der Waals surface area contributed by atoms with Crippen molar-refractivity contribution in [2.75, 3.05) is 24.2 Å². The van der Waals surface area contributed by atoms with E-state index in [0.717, 1.165) is 16.1 Å². The summed E-state index contributed by atoms with van der Waals surface area (Å²) < 4.78 is 31.8. The van der Waals surface area contributed by atoms with Gasteiger partial charge in [0.1, 0.15) is 18.3 Å². The van der Waals surface area contributed by atoms with Crippen molar-refractivity contribution in [1.82, 2.24) is 10.2 Å². The largest absolute Gasteiger partial charge is 0.495 e. The molecule has 2 aromatic carbocycles. The van der Waals surface area contributed by atoms with Crippen LogP contribution in [0, 0.1) is 0 Å². The average molecular weight is 559 g/mol. The maximum Gasteiger partial charge on any atom is 0.244 e. The maximum atomic E-state index is 13.7. The zero-order valence-electron chi connectivity index (χ0n) is 21.3. The quantitative estimate of drug-likeness (QED) is 0.464. The predicted octanol–water partition coefficient (Wildman–Crippen LogP) is 4.49. The van der Waals surface area contributed by atoms with Crippen molar-refractivity contribution in [3.63, 3.8) is 0 Å². The van der Waals surface area contributed by atoms with Gasteiger partial charge >= 0.3 is 0 Å². The van der Waals surface area contributed by atoms with Gasteiger partial charge in [0, 0.05) is 22.1 Å². The van der Waals surface area contributed by atoms with Gasteiger partial charge in [-0.1, -0.05) is 42.3 Å². The molecule has 0 aliphatic carbocycles. The number of hydrogen-bond donors (Lipinski definition) is 1. The Morgan fingerprint density at radius 3 is 2.14 bits per heavy atom. The molecule has 0 unspecified atom stereocenters. The Bertz CT molecular complexity index is 1180. The standard InChI is InChI=1S/C25H33Cl2N3O5S/c1-7-20(24(32)28-25(2,3)4)29(15-17-8-10-18(26)11-9-17)23(31)16-30(36(6,33)34)21-14-19(27)12-13-22(21)35-5/h8-14,20H,7,15-16H2,1-6H3,(H,28,32)/t20-/m0/s1. The number of methoxy groups -OCH3 is 1. The lowest BCUT2D eigenvalue weighted by atomic mass is 10.1. The highest BCUT2D eigenvalue weighted by atomic mass is 35.5. The molecule has 198 valence electrons. The Balaban J connectivity index is 2.52. The van der Waals surface area contributed by atoms with Gasteiger partial charge in [-0.05, 0) is 63.1 Å². The molecular formula is C25H33Cl2N3O5S. The molecule has 0 saturated heterocycles. The van der Waals surface area contributed by atoms with Gasteiger partial charge in [0.25, 0.3) is 0 Å². The van der Waals surface area contributed by atoms with E-state index in [1.807, 2.05) is 20.8 Å². The summed E-state index contributed by atoms with van der Waals surface area (Å²) in [5, 5.41) is 3.73. The third kappa shape index (κ3) is 8.28. The second kappa shape index (κ2) is 12.2. The molecule has 0 radical (unpaired) electrons. The molecular weight excluding hydrogens is 525 g/mol. The van der Waals surface area contributed by atoms with Gasteiger partial charge in [-0.15, -0.1) is 0 Å². The van der Waals surface area contributed by atoms with Crippen LogP contribution in [0.2, 0.25) is 10.0 Å². The Hall–Kier alpha value is -2.49. The number of carbonyl (C=O) groups is 2. The number of carbonyl (C=O) groups excluding carboxylic acids is 2. The highest BCUT2D eigenvalue weighted by Gasteiger charge is 2.33. The minimum absolute atomic E-state index is 0.0797. The van der Waals surface area contributed by atoms with E-state index < -0.39 is 34.1 Å².